The maximum atomic E-state index is 13.9. The molecule has 0 atom stereocenters. The number of aromatic nitrogens is 2. The predicted octanol–water partition coefficient (Wildman–Crippen LogP) is 2.64. The van der Waals surface area contributed by atoms with E-state index in [-0.39, 0.29) is 35.9 Å². The molecule has 1 aliphatic rings. The quantitative estimate of drug-likeness (QED) is 0.845. The number of hydrogen-bond acceptors (Lipinski definition) is 4. The van der Waals surface area contributed by atoms with Crippen LogP contribution in [0.2, 0.25) is 0 Å². The number of anilines is 1. The molecule has 0 radical (unpaired) electrons. The Labute approximate surface area is 158 Å². The number of carbonyl (C=O) groups is 1. The van der Waals surface area contributed by atoms with Gasteiger partial charge in [0.05, 0.1) is 6.20 Å². The number of amides is 1. The molecule has 1 amide bonds. The maximum absolute atomic E-state index is 13.9. The van der Waals surface area contributed by atoms with Gasteiger partial charge >= 0.3 is 0 Å². The van der Waals surface area contributed by atoms with Crippen molar-refractivity contribution in [3.8, 4) is 0 Å². The van der Waals surface area contributed by atoms with Crippen molar-refractivity contribution in [2.75, 3.05) is 18.4 Å². The highest BCUT2D eigenvalue weighted by Crippen LogP contribution is 2.26. The van der Waals surface area contributed by atoms with Crippen LogP contribution in [0.1, 0.15) is 32.7 Å². The summed E-state index contributed by atoms with van der Waals surface area (Å²) in [4.78, 5) is 12.2. The van der Waals surface area contributed by atoms with Gasteiger partial charge in [0.1, 0.15) is 16.5 Å². The van der Waals surface area contributed by atoms with Crippen molar-refractivity contribution >= 4 is 21.7 Å². The van der Waals surface area contributed by atoms with Crippen molar-refractivity contribution < 1.29 is 17.6 Å². The Hall–Kier alpha value is -2.26. The molecule has 7 nitrogen and oxygen atoms in total. The second kappa shape index (κ2) is 7.77. The Morgan fingerprint density at radius 2 is 1.89 bits per heavy atom. The number of carbonyl (C=O) groups excluding carboxylic acids is 1. The largest absolute Gasteiger partial charge is 0.311 e. The van der Waals surface area contributed by atoms with Crippen molar-refractivity contribution in [3.63, 3.8) is 0 Å². The van der Waals surface area contributed by atoms with Gasteiger partial charge in [-0.05, 0) is 38.8 Å². The van der Waals surface area contributed by atoms with Gasteiger partial charge in [0, 0.05) is 31.1 Å². The number of hydrogen-bond donors (Lipinski definition) is 1. The minimum Gasteiger partial charge on any atom is -0.311 e. The fourth-order valence-corrected chi connectivity index (χ4v) is 4.74. The van der Waals surface area contributed by atoms with Gasteiger partial charge in [0.15, 0.2) is 0 Å². The molecule has 1 aromatic heterocycles. The molecule has 1 aliphatic heterocycles. The second-order valence-electron chi connectivity index (χ2n) is 6.85. The normalized spacial score (nSPS) is 16.6. The van der Waals surface area contributed by atoms with Crippen LogP contribution < -0.4 is 5.32 Å². The van der Waals surface area contributed by atoms with Crippen LogP contribution in [0.3, 0.4) is 0 Å². The average Bonchev–Trinajstić information content (AvgIpc) is 3.10. The summed E-state index contributed by atoms with van der Waals surface area (Å²) in [6.07, 6.45) is 2.39. The lowest BCUT2D eigenvalue weighted by atomic mass is 9.97. The molecular formula is C18H23FN4O3S. The fourth-order valence-electron chi connectivity index (χ4n) is 3.20. The molecule has 3 rings (SSSR count). The third kappa shape index (κ3) is 4.03. The molecule has 1 N–H and O–H groups in total. The predicted molar refractivity (Wildman–Crippen MR) is 99.1 cm³/mol. The molecule has 0 spiro atoms. The van der Waals surface area contributed by atoms with E-state index in [1.54, 1.807) is 16.9 Å². The lowest BCUT2D eigenvalue weighted by molar-refractivity contribution is -0.121. The van der Waals surface area contributed by atoms with Crippen LogP contribution in [0.5, 0.6) is 0 Å². The molecule has 1 saturated heterocycles. The third-order valence-corrected chi connectivity index (χ3v) is 6.62. The van der Waals surface area contributed by atoms with Gasteiger partial charge in [0.25, 0.3) is 0 Å². The topological polar surface area (TPSA) is 84.3 Å². The van der Waals surface area contributed by atoms with E-state index >= 15 is 0 Å². The van der Waals surface area contributed by atoms with E-state index in [0.29, 0.717) is 18.7 Å². The highest BCUT2D eigenvalue weighted by atomic mass is 32.2. The van der Waals surface area contributed by atoms with Crippen molar-refractivity contribution in [2.45, 2.75) is 37.6 Å². The summed E-state index contributed by atoms with van der Waals surface area (Å²) in [5.74, 6) is -0.594. The third-order valence-electron chi connectivity index (χ3n) is 4.69. The SMILES string of the molecule is CC(C)n1nccc1NC(=O)C1CCN(S(=O)(=O)c2ccccc2F)CC1. The summed E-state index contributed by atoms with van der Waals surface area (Å²) >= 11 is 0. The molecule has 2 aromatic rings. The summed E-state index contributed by atoms with van der Waals surface area (Å²) in [5, 5.41) is 7.05. The number of rotatable bonds is 5. The molecule has 2 heterocycles. The fraction of sp³-hybridized carbons (Fsp3) is 0.444. The van der Waals surface area contributed by atoms with Gasteiger partial charge < -0.3 is 5.32 Å². The molecular weight excluding hydrogens is 371 g/mol. The molecule has 9 heteroatoms. The van der Waals surface area contributed by atoms with Gasteiger partial charge in [-0.25, -0.2) is 17.5 Å². The van der Waals surface area contributed by atoms with Crippen LogP contribution in [0.15, 0.2) is 41.4 Å². The van der Waals surface area contributed by atoms with Crippen LogP contribution in [0.25, 0.3) is 0 Å². The first kappa shape index (κ1) is 19.5. The zero-order valence-electron chi connectivity index (χ0n) is 15.3. The van der Waals surface area contributed by atoms with E-state index in [0.717, 1.165) is 6.07 Å². The standard InChI is InChI=1S/C18H23FN4O3S/c1-13(2)23-17(7-10-20-23)21-18(24)14-8-11-22(12-9-14)27(25,26)16-6-4-3-5-15(16)19/h3-7,10,13-14H,8-9,11-12H2,1-2H3,(H,21,24). The minimum absolute atomic E-state index is 0.114. The van der Waals surface area contributed by atoms with Gasteiger partial charge in [-0.1, -0.05) is 12.1 Å². The van der Waals surface area contributed by atoms with Crippen molar-refractivity contribution in [1.29, 1.82) is 0 Å². The second-order valence-corrected chi connectivity index (χ2v) is 8.76. The maximum Gasteiger partial charge on any atom is 0.245 e. The number of halogens is 1. The number of nitrogens with zero attached hydrogens (tertiary/aromatic N) is 3. The molecule has 1 fully saturated rings. The van der Waals surface area contributed by atoms with Gasteiger partial charge in [-0.3, -0.25) is 4.79 Å². The van der Waals surface area contributed by atoms with Crippen molar-refractivity contribution in [1.82, 2.24) is 14.1 Å². The lowest BCUT2D eigenvalue weighted by Crippen LogP contribution is -2.41. The summed E-state index contributed by atoms with van der Waals surface area (Å²) in [6, 6.07) is 7.18. The summed E-state index contributed by atoms with van der Waals surface area (Å²) in [7, 11) is -3.90. The lowest BCUT2D eigenvalue weighted by Gasteiger charge is -2.30. The Kier molecular flexibility index (Phi) is 5.61. The Balaban J connectivity index is 1.64. The molecule has 0 bridgehead atoms. The first-order valence-electron chi connectivity index (χ1n) is 8.89. The number of sulfonamides is 1. The van der Waals surface area contributed by atoms with E-state index in [1.165, 1.54) is 22.5 Å². The first-order chi connectivity index (χ1) is 12.8. The smallest absolute Gasteiger partial charge is 0.245 e. The molecule has 0 saturated carbocycles. The van der Waals surface area contributed by atoms with Crippen LogP contribution in [0, 0.1) is 11.7 Å². The average molecular weight is 394 g/mol. The monoisotopic (exact) mass is 394 g/mol. The van der Waals surface area contributed by atoms with E-state index in [9.17, 15) is 17.6 Å². The zero-order valence-corrected chi connectivity index (χ0v) is 16.1. The summed E-state index contributed by atoms with van der Waals surface area (Å²) in [6.45, 7) is 4.29. The first-order valence-corrected chi connectivity index (χ1v) is 10.3. The zero-order chi connectivity index (χ0) is 19.6. The van der Waals surface area contributed by atoms with E-state index < -0.39 is 15.8 Å². The highest BCUT2D eigenvalue weighted by molar-refractivity contribution is 7.89. The van der Waals surface area contributed by atoms with Gasteiger partial charge in [0.2, 0.25) is 15.9 Å². The van der Waals surface area contributed by atoms with Crippen LogP contribution in [0.4, 0.5) is 10.2 Å². The molecule has 146 valence electrons. The van der Waals surface area contributed by atoms with Gasteiger partial charge in [-0.15, -0.1) is 0 Å². The van der Waals surface area contributed by atoms with E-state index in [2.05, 4.69) is 10.4 Å². The van der Waals surface area contributed by atoms with Crippen LogP contribution in [-0.2, 0) is 14.8 Å². The molecule has 27 heavy (non-hydrogen) atoms. The Morgan fingerprint density at radius 1 is 1.22 bits per heavy atom. The van der Waals surface area contributed by atoms with Crippen molar-refractivity contribution in [3.05, 3.63) is 42.3 Å². The minimum atomic E-state index is -3.90. The number of piperidine rings is 1. The van der Waals surface area contributed by atoms with E-state index in [1.807, 2.05) is 13.8 Å². The van der Waals surface area contributed by atoms with Crippen molar-refractivity contribution in [2.24, 2.45) is 5.92 Å². The highest BCUT2D eigenvalue weighted by Gasteiger charge is 2.33. The number of benzene rings is 1. The molecule has 1 aromatic carbocycles. The molecule has 0 aliphatic carbocycles. The summed E-state index contributed by atoms with van der Waals surface area (Å²) in [5.41, 5.74) is 0. The Bertz CT molecular complexity index is 918. The number of nitrogens with one attached hydrogen (secondary N) is 1. The van der Waals surface area contributed by atoms with E-state index in [4.69, 9.17) is 0 Å². The Morgan fingerprint density at radius 3 is 2.52 bits per heavy atom. The van der Waals surface area contributed by atoms with Crippen LogP contribution >= 0.6 is 0 Å². The van der Waals surface area contributed by atoms with Gasteiger partial charge in [-0.2, -0.15) is 9.40 Å². The summed E-state index contributed by atoms with van der Waals surface area (Å²) < 4.78 is 42.1. The molecule has 0 unspecified atom stereocenters. The van der Waals surface area contributed by atoms with Crippen LogP contribution in [-0.4, -0.2) is 41.5 Å².